The molecule has 7 heteroatoms. The number of primary amides is 1. The number of hydrogen-bond donors (Lipinski definition) is 1. The number of likely N-dealkylation sites (tertiary alicyclic amines) is 1. The fraction of sp³-hybridized carbons (Fsp3) is 0.529. The molecule has 0 aromatic heterocycles. The summed E-state index contributed by atoms with van der Waals surface area (Å²) in [6, 6.07) is 3.90. The highest BCUT2D eigenvalue weighted by Gasteiger charge is 2.38. The number of halogens is 2. The summed E-state index contributed by atoms with van der Waals surface area (Å²) in [5.41, 5.74) is 5.92. The normalized spacial score (nSPS) is 26.8. The van der Waals surface area contributed by atoms with Crippen LogP contribution in [0.25, 0.3) is 0 Å². The lowest BCUT2D eigenvalue weighted by atomic mass is 9.98. The summed E-state index contributed by atoms with van der Waals surface area (Å²) in [6.07, 6.45) is 1.07. The molecule has 2 heterocycles. The van der Waals surface area contributed by atoms with Crippen molar-refractivity contribution < 1.29 is 23.1 Å². The molecule has 130 valence electrons. The molecule has 2 fully saturated rings. The van der Waals surface area contributed by atoms with Gasteiger partial charge in [0.25, 0.3) is 5.91 Å². The van der Waals surface area contributed by atoms with E-state index in [1.165, 1.54) is 6.07 Å². The third-order valence-electron chi connectivity index (χ3n) is 4.72. The maximum Gasteiger partial charge on any atom is 0.251 e. The molecule has 1 aromatic carbocycles. The van der Waals surface area contributed by atoms with Gasteiger partial charge in [-0.25, -0.2) is 8.78 Å². The summed E-state index contributed by atoms with van der Waals surface area (Å²) in [6.45, 7) is 1.16. The lowest BCUT2D eigenvalue weighted by molar-refractivity contribution is -0.144. The number of nitrogens with two attached hydrogens (primary N) is 1. The number of rotatable bonds is 4. The van der Waals surface area contributed by atoms with E-state index in [0.29, 0.717) is 32.4 Å². The Morgan fingerprint density at radius 3 is 2.58 bits per heavy atom. The summed E-state index contributed by atoms with van der Waals surface area (Å²) >= 11 is 0. The zero-order valence-electron chi connectivity index (χ0n) is 13.2. The van der Waals surface area contributed by atoms with Gasteiger partial charge < -0.3 is 15.4 Å². The molecule has 2 N–H and O–H groups in total. The van der Waals surface area contributed by atoms with Crippen molar-refractivity contribution in [3.05, 3.63) is 35.4 Å². The van der Waals surface area contributed by atoms with Crippen molar-refractivity contribution in [1.82, 2.24) is 4.90 Å². The number of amides is 2. The molecule has 0 saturated carbocycles. The largest absolute Gasteiger partial charge is 0.367 e. The third-order valence-corrected chi connectivity index (χ3v) is 4.72. The molecule has 3 rings (SSSR count). The molecular formula is C17H20F2N2O3. The van der Waals surface area contributed by atoms with Gasteiger partial charge in [0.15, 0.2) is 11.6 Å². The van der Waals surface area contributed by atoms with E-state index < -0.39 is 29.7 Å². The summed E-state index contributed by atoms with van der Waals surface area (Å²) in [5, 5.41) is 0. The molecule has 2 amide bonds. The molecule has 2 aliphatic rings. The van der Waals surface area contributed by atoms with Gasteiger partial charge in [-0.15, -0.1) is 0 Å². The summed E-state index contributed by atoms with van der Waals surface area (Å²) in [4.78, 5) is 25.3. The van der Waals surface area contributed by atoms with E-state index in [1.807, 2.05) is 0 Å². The van der Waals surface area contributed by atoms with Crippen LogP contribution in [0.5, 0.6) is 0 Å². The summed E-state index contributed by atoms with van der Waals surface area (Å²) in [5.74, 6) is -2.17. The van der Waals surface area contributed by atoms with Crippen LogP contribution in [-0.4, -0.2) is 42.0 Å². The summed E-state index contributed by atoms with van der Waals surface area (Å²) < 4.78 is 31.7. The molecule has 0 unspecified atom stereocenters. The predicted octanol–water partition coefficient (Wildman–Crippen LogP) is 1.39. The van der Waals surface area contributed by atoms with Crippen molar-refractivity contribution in [3.63, 3.8) is 0 Å². The van der Waals surface area contributed by atoms with E-state index in [4.69, 9.17) is 10.5 Å². The van der Waals surface area contributed by atoms with E-state index in [2.05, 4.69) is 0 Å². The van der Waals surface area contributed by atoms with E-state index >= 15 is 0 Å². The SMILES string of the molecule is NC(=O)[C@@H]1CC[C@@H](C(=O)N2CC[C@@H](Cc3ccc(F)c(F)c3)C2)O1. The fourth-order valence-electron chi connectivity index (χ4n) is 3.43. The molecular weight excluding hydrogens is 318 g/mol. The Bertz CT molecular complexity index is 653. The summed E-state index contributed by atoms with van der Waals surface area (Å²) in [7, 11) is 0. The van der Waals surface area contributed by atoms with E-state index in [9.17, 15) is 18.4 Å². The molecule has 0 bridgehead atoms. The van der Waals surface area contributed by atoms with Crippen molar-refractivity contribution in [1.29, 1.82) is 0 Å². The molecule has 3 atom stereocenters. The minimum atomic E-state index is -0.857. The number of nitrogens with zero attached hydrogens (tertiary/aromatic N) is 1. The van der Waals surface area contributed by atoms with Gasteiger partial charge in [-0.3, -0.25) is 9.59 Å². The van der Waals surface area contributed by atoms with Crippen molar-refractivity contribution in [2.24, 2.45) is 11.7 Å². The van der Waals surface area contributed by atoms with Crippen LogP contribution >= 0.6 is 0 Å². The van der Waals surface area contributed by atoms with Crippen LogP contribution in [0, 0.1) is 17.6 Å². The molecule has 1 aromatic rings. The first-order chi connectivity index (χ1) is 11.4. The van der Waals surface area contributed by atoms with Crippen molar-refractivity contribution >= 4 is 11.8 Å². The second-order valence-corrected chi connectivity index (χ2v) is 6.48. The van der Waals surface area contributed by atoms with Crippen LogP contribution in [0.3, 0.4) is 0 Å². The van der Waals surface area contributed by atoms with Crippen molar-refractivity contribution in [3.8, 4) is 0 Å². The first-order valence-corrected chi connectivity index (χ1v) is 8.11. The highest BCUT2D eigenvalue weighted by molar-refractivity contribution is 5.84. The van der Waals surface area contributed by atoms with Crippen LogP contribution in [-0.2, 0) is 20.7 Å². The Kier molecular flexibility index (Phi) is 4.80. The Balaban J connectivity index is 1.54. The molecule has 0 spiro atoms. The van der Waals surface area contributed by atoms with Crippen LogP contribution in [0.2, 0.25) is 0 Å². The standard InChI is InChI=1S/C17H20F2N2O3/c18-12-2-1-10(8-13(12)19)7-11-5-6-21(9-11)17(23)15-4-3-14(24-15)16(20)22/h1-2,8,11,14-15H,3-7,9H2,(H2,20,22)/t11-,14-,15-/m0/s1. The first kappa shape index (κ1) is 16.8. The zero-order valence-corrected chi connectivity index (χ0v) is 13.2. The van der Waals surface area contributed by atoms with Gasteiger partial charge >= 0.3 is 0 Å². The maximum absolute atomic E-state index is 13.3. The monoisotopic (exact) mass is 338 g/mol. The van der Waals surface area contributed by atoms with Gasteiger partial charge in [0.2, 0.25) is 5.91 Å². The molecule has 0 radical (unpaired) electrons. The first-order valence-electron chi connectivity index (χ1n) is 8.11. The lowest BCUT2D eigenvalue weighted by Crippen LogP contribution is -2.39. The number of benzene rings is 1. The number of carbonyl (C=O) groups is 2. The average molecular weight is 338 g/mol. The van der Waals surface area contributed by atoms with Crippen LogP contribution < -0.4 is 5.73 Å². The van der Waals surface area contributed by atoms with Gasteiger partial charge in [0.05, 0.1) is 0 Å². The molecule has 24 heavy (non-hydrogen) atoms. The average Bonchev–Trinajstić information content (AvgIpc) is 3.20. The number of ether oxygens (including phenoxy) is 1. The Morgan fingerprint density at radius 2 is 1.92 bits per heavy atom. The minimum absolute atomic E-state index is 0.119. The topological polar surface area (TPSA) is 72.6 Å². The Morgan fingerprint density at radius 1 is 1.17 bits per heavy atom. The van der Waals surface area contributed by atoms with Crippen molar-refractivity contribution in [2.75, 3.05) is 13.1 Å². The molecule has 2 saturated heterocycles. The number of hydrogen-bond acceptors (Lipinski definition) is 3. The number of carbonyl (C=O) groups excluding carboxylic acids is 2. The lowest BCUT2D eigenvalue weighted by Gasteiger charge is -2.20. The van der Waals surface area contributed by atoms with Crippen LogP contribution in [0.4, 0.5) is 8.78 Å². The van der Waals surface area contributed by atoms with Crippen LogP contribution in [0.1, 0.15) is 24.8 Å². The van der Waals surface area contributed by atoms with Gasteiger partial charge in [0.1, 0.15) is 12.2 Å². The molecule has 5 nitrogen and oxygen atoms in total. The predicted molar refractivity (Wildman–Crippen MR) is 81.8 cm³/mol. The van der Waals surface area contributed by atoms with E-state index in [1.54, 1.807) is 11.0 Å². The molecule has 0 aliphatic carbocycles. The van der Waals surface area contributed by atoms with E-state index in [0.717, 1.165) is 18.1 Å². The second-order valence-electron chi connectivity index (χ2n) is 6.48. The maximum atomic E-state index is 13.3. The Hall–Kier alpha value is -2.02. The minimum Gasteiger partial charge on any atom is -0.367 e. The van der Waals surface area contributed by atoms with Gasteiger partial charge in [-0.05, 0) is 49.3 Å². The third kappa shape index (κ3) is 3.56. The van der Waals surface area contributed by atoms with Crippen LogP contribution in [0.15, 0.2) is 18.2 Å². The highest BCUT2D eigenvalue weighted by Crippen LogP contribution is 2.26. The van der Waals surface area contributed by atoms with E-state index in [-0.39, 0.29) is 11.8 Å². The second kappa shape index (κ2) is 6.84. The van der Waals surface area contributed by atoms with Gasteiger partial charge in [-0.1, -0.05) is 6.07 Å². The van der Waals surface area contributed by atoms with Gasteiger partial charge in [-0.2, -0.15) is 0 Å². The van der Waals surface area contributed by atoms with Gasteiger partial charge in [0, 0.05) is 13.1 Å². The smallest absolute Gasteiger partial charge is 0.251 e. The fourth-order valence-corrected chi connectivity index (χ4v) is 3.43. The zero-order chi connectivity index (χ0) is 17.3. The highest BCUT2D eigenvalue weighted by atomic mass is 19.2. The molecule has 2 aliphatic heterocycles. The quantitative estimate of drug-likeness (QED) is 0.902. The Labute approximate surface area is 138 Å². The van der Waals surface area contributed by atoms with Crippen molar-refractivity contribution in [2.45, 2.75) is 37.9 Å².